The van der Waals surface area contributed by atoms with Gasteiger partial charge in [-0.3, -0.25) is 4.90 Å². The lowest BCUT2D eigenvalue weighted by molar-refractivity contribution is -0.0660. The van der Waals surface area contributed by atoms with E-state index < -0.39 is 29.8 Å². The second-order valence-electron chi connectivity index (χ2n) is 13.0. The molecule has 1 N–H and O–H groups in total. The molecule has 2 unspecified atom stereocenters. The van der Waals surface area contributed by atoms with Gasteiger partial charge in [0.15, 0.2) is 12.0 Å². The topological polar surface area (TPSA) is 116 Å². The summed E-state index contributed by atoms with van der Waals surface area (Å²) >= 11 is 0. The fraction of sp³-hybridized carbons (Fsp3) is 0.471. The van der Waals surface area contributed by atoms with Crippen molar-refractivity contribution in [1.29, 1.82) is 5.26 Å². The summed E-state index contributed by atoms with van der Waals surface area (Å²) in [4.78, 5) is 27.0. The van der Waals surface area contributed by atoms with Gasteiger partial charge in [0.05, 0.1) is 37.6 Å². The largest absolute Gasteiger partial charge is 0.486 e. The standard InChI is InChI=1S/C34H39F2N7O4/c1-34(2,3)47-33(44)43-11-10-30(28(36)19-43)46-29-9-4-22(16-23(29)17-37)31-27(35)18-38-32(40-31)39-24-5-7-25(8-6-24)41-12-14-42(15-13-41)26-20-45-21-26/h4-9,16,18,26,28,30H,10-15,19-21H2,1-3H3,(H,38,39,40). The molecule has 248 valence electrons. The Kier molecular flexibility index (Phi) is 9.42. The molecule has 2 aromatic carbocycles. The average Bonchev–Trinajstić information content (AvgIpc) is 3.02. The normalized spacial score (nSPS) is 20.7. The van der Waals surface area contributed by atoms with Gasteiger partial charge in [-0.15, -0.1) is 0 Å². The van der Waals surface area contributed by atoms with Crippen molar-refractivity contribution in [3.05, 3.63) is 60.0 Å². The first kappa shape index (κ1) is 32.4. The van der Waals surface area contributed by atoms with Gasteiger partial charge in [0, 0.05) is 56.1 Å². The van der Waals surface area contributed by atoms with Crippen LogP contribution in [-0.4, -0.2) is 102 Å². The van der Waals surface area contributed by atoms with E-state index in [-0.39, 0.29) is 42.5 Å². The van der Waals surface area contributed by atoms with E-state index in [1.54, 1.807) is 26.8 Å². The van der Waals surface area contributed by atoms with Crippen LogP contribution in [0.2, 0.25) is 0 Å². The van der Waals surface area contributed by atoms with Crippen molar-refractivity contribution in [2.75, 3.05) is 62.7 Å². The second kappa shape index (κ2) is 13.7. The van der Waals surface area contributed by atoms with Crippen LogP contribution in [0.4, 0.5) is 30.9 Å². The van der Waals surface area contributed by atoms with Crippen LogP contribution in [0.25, 0.3) is 11.3 Å². The van der Waals surface area contributed by atoms with Crippen LogP contribution in [0, 0.1) is 17.1 Å². The lowest BCUT2D eigenvalue weighted by Gasteiger charge is -2.43. The molecule has 1 amide bonds. The van der Waals surface area contributed by atoms with Gasteiger partial charge in [0.2, 0.25) is 5.95 Å². The monoisotopic (exact) mass is 647 g/mol. The number of nitrogens with zero attached hydrogens (tertiary/aromatic N) is 6. The Labute approximate surface area is 273 Å². The first-order valence-corrected chi connectivity index (χ1v) is 15.9. The fourth-order valence-corrected chi connectivity index (χ4v) is 5.83. The zero-order valence-electron chi connectivity index (χ0n) is 26.8. The molecule has 0 spiro atoms. The quantitative estimate of drug-likeness (QED) is 0.369. The van der Waals surface area contributed by atoms with Crippen LogP contribution < -0.4 is 15.0 Å². The molecule has 3 saturated heterocycles. The third-order valence-electron chi connectivity index (χ3n) is 8.47. The third-order valence-corrected chi connectivity index (χ3v) is 8.47. The van der Waals surface area contributed by atoms with Crippen molar-refractivity contribution in [1.82, 2.24) is 19.8 Å². The number of anilines is 3. The molecule has 11 nitrogen and oxygen atoms in total. The maximum atomic E-state index is 15.1. The molecule has 3 aromatic rings. The van der Waals surface area contributed by atoms with E-state index in [1.165, 1.54) is 17.0 Å². The van der Waals surface area contributed by atoms with E-state index in [2.05, 4.69) is 31.2 Å². The molecular weight excluding hydrogens is 608 g/mol. The number of piperazine rings is 1. The van der Waals surface area contributed by atoms with Gasteiger partial charge in [-0.05, 0) is 63.2 Å². The first-order valence-electron chi connectivity index (χ1n) is 15.9. The van der Waals surface area contributed by atoms with E-state index in [4.69, 9.17) is 14.2 Å². The molecular formula is C34H39F2N7O4. The highest BCUT2D eigenvalue weighted by Crippen LogP contribution is 2.31. The van der Waals surface area contributed by atoms with Crippen molar-refractivity contribution >= 4 is 23.4 Å². The van der Waals surface area contributed by atoms with Crippen LogP contribution in [0.3, 0.4) is 0 Å². The summed E-state index contributed by atoms with van der Waals surface area (Å²) < 4.78 is 46.6. The number of alkyl halides is 1. The van der Waals surface area contributed by atoms with Gasteiger partial charge < -0.3 is 29.3 Å². The summed E-state index contributed by atoms with van der Waals surface area (Å²) in [6, 6.07) is 15.1. The van der Waals surface area contributed by atoms with Gasteiger partial charge in [-0.25, -0.2) is 23.5 Å². The SMILES string of the molecule is CC(C)(C)OC(=O)N1CCC(Oc2ccc(-c3nc(Nc4ccc(N5CCN(C6COC6)CC5)cc4)ncc3F)cc2C#N)C(F)C1. The van der Waals surface area contributed by atoms with Crippen LogP contribution in [0.15, 0.2) is 48.7 Å². The molecule has 3 fully saturated rings. The van der Waals surface area contributed by atoms with Crippen LogP contribution in [0.5, 0.6) is 5.75 Å². The summed E-state index contributed by atoms with van der Waals surface area (Å²) in [5, 5.41) is 13.0. The molecule has 6 rings (SSSR count). The Morgan fingerprint density at radius 3 is 2.47 bits per heavy atom. The molecule has 0 bridgehead atoms. The Morgan fingerprint density at radius 1 is 1.09 bits per heavy atom. The highest BCUT2D eigenvalue weighted by atomic mass is 19.1. The van der Waals surface area contributed by atoms with Gasteiger partial charge >= 0.3 is 6.09 Å². The number of piperidine rings is 1. The van der Waals surface area contributed by atoms with Crippen molar-refractivity contribution < 1.29 is 27.8 Å². The number of carbonyl (C=O) groups excluding carboxylic acids is 1. The molecule has 47 heavy (non-hydrogen) atoms. The Bertz CT molecular complexity index is 1620. The zero-order chi connectivity index (χ0) is 33.1. The lowest BCUT2D eigenvalue weighted by atomic mass is 10.0. The Hall–Kier alpha value is -4.54. The third kappa shape index (κ3) is 7.72. The number of rotatable bonds is 7. The number of hydrogen-bond acceptors (Lipinski definition) is 10. The maximum Gasteiger partial charge on any atom is 0.410 e. The molecule has 0 aliphatic carbocycles. The number of carbonyl (C=O) groups is 1. The number of nitrogens with one attached hydrogen (secondary N) is 1. The van der Waals surface area contributed by atoms with Crippen molar-refractivity contribution in [3.63, 3.8) is 0 Å². The molecule has 0 saturated carbocycles. The maximum absolute atomic E-state index is 15.1. The molecule has 0 radical (unpaired) electrons. The number of ether oxygens (including phenoxy) is 3. The van der Waals surface area contributed by atoms with Crippen LogP contribution in [-0.2, 0) is 9.47 Å². The number of likely N-dealkylation sites (tertiary alicyclic amines) is 1. The molecule has 3 aliphatic rings. The second-order valence-corrected chi connectivity index (χ2v) is 13.0. The van der Waals surface area contributed by atoms with Crippen LogP contribution >= 0.6 is 0 Å². The summed E-state index contributed by atoms with van der Waals surface area (Å²) in [5.74, 6) is -0.295. The summed E-state index contributed by atoms with van der Waals surface area (Å²) in [6.07, 6.45) is -1.63. The summed E-state index contributed by atoms with van der Waals surface area (Å²) in [6.45, 7) is 10.9. The minimum Gasteiger partial charge on any atom is -0.486 e. The zero-order valence-corrected chi connectivity index (χ0v) is 26.8. The van der Waals surface area contributed by atoms with Crippen molar-refractivity contribution in [3.8, 4) is 23.1 Å². The summed E-state index contributed by atoms with van der Waals surface area (Å²) in [7, 11) is 0. The van der Waals surface area contributed by atoms with Crippen molar-refractivity contribution in [2.24, 2.45) is 0 Å². The lowest BCUT2D eigenvalue weighted by Crippen LogP contribution is -2.56. The van der Waals surface area contributed by atoms with E-state index >= 15 is 4.39 Å². The molecule has 2 atom stereocenters. The number of hydrogen-bond donors (Lipinski definition) is 1. The van der Waals surface area contributed by atoms with Crippen LogP contribution in [0.1, 0.15) is 32.8 Å². The molecule has 1 aromatic heterocycles. The molecule has 4 heterocycles. The number of nitriles is 1. The van der Waals surface area contributed by atoms with Gasteiger partial charge in [-0.2, -0.15) is 5.26 Å². The number of benzene rings is 2. The minimum atomic E-state index is -1.48. The van der Waals surface area contributed by atoms with Gasteiger partial charge in [-0.1, -0.05) is 0 Å². The first-order chi connectivity index (χ1) is 22.6. The van der Waals surface area contributed by atoms with Gasteiger partial charge in [0.25, 0.3) is 0 Å². The highest BCUT2D eigenvalue weighted by Gasteiger charge is 2.35. The number of amides is 1. The van der Waals surface area contributed by atoms with E-state index in [1.807, 2.05) is 24.3 Å². The molecule has 3 aliphatic heterocycles. The predicted octanol–water partition coefficient (Wildman–Crippen LogP) is 5.15. The van der Waals surface area contributed by atoms with Crippen molar-refractivity contribution in [2.45, 2.75) is 51.1 Å². The van der Waals surface area contributed by atoms with E-state index in [9.17, 15) is 14.4 Å². The van der Waals surface area contributed by atoms with E-state index in [0.29, 0.717) is 11.6 Å². The predicted molar refractivity (Wildman–Crippen MR) is 172 cm³/mol. The number of halogens is 2. The Balaban J connectivity index is 1.08. The minimum absolute atomic E-state index is 0.00550. The average molecular weight is 648 g/mol. The fourth-order valence-electron chi connectivity index (χ4n) is 5.83. The van der Waals surface area contributed by atoms with Gasteiger partial charge in [0.1, 0.15) is 29.2 Å². The van der Waals surface area contributed by atoms with E-state index in [0.717, 1.165) is 57.0 Å². The summed E-state index contributed by atoms with van der Waals surface area (Å²) in [5.41, 5.74) is 1.64. The highest BCUT2D eigenvalue weighted by molar-refractivity contribution is 5.69. The smallest absolute Gasteiger partial charge is 0.410 e. The Morgan fingerprint density at radius 2 is 1.83 bits per heavy atom. The molecule has 13 heteroatoms. The number of aromatic nitrogens is 2.